The molecule has 3 rings (SSSR count). The van der Waals surface area contributed by atoms with Crippen LogP contribution in [-0.2, 0) is 9.09 Å². The van der Waals surface area contributed by atoms with Crippen molar-refractivity contribution in [3.63, 3.8) is 0 Å². The van der Waals surface area contributed by atoms with Crippen LogP contribution in [0, 0.1) is 0 Å². The van der Waals surface area contributed by atoms with Gasteiger partial charge in [-0.05, 0) is 18.6 Å². The standard InChI is InChI=1S/C10H12NO5P/c12-17(11-4-1-5-15-17)16-8-2-3-9-10(6-8)14-7-13-9/h2-3,6H,1,4-5,7H2,(H,11,12). The molecule has 0 amide bonds. The normalized spacial score (nSPS) is 26.8. The number of ether oxygens (including phenoxy) is 2. The number of hydrogen-bond donors (Lipinski definition) is 1. The molecule has 0 aliphatic carbocycles. The molecule has 92 valence electrons. The number of nitrogens with one attached hydrogen (secondary N) is 1. The molecule has 0 saturated carbocycles. The monoisotopic (exact) mass is 257 g/mol. The van der Waals surface area contributed by atoms with Crippen molar-refractivity contribution in [2.45, 2.75) is 6.42 Å². The van der Waals surface area contributed by atoms with E-state index in [1.165, 1.54) is 0 Å². The summed E-state index contributed by atoms with van der Waals surface area (Å²) in [6.45, 7) is 1.27. The second-order valence-corrected chi connectivity index (χ2v) is 5.45. The van der Waals surface area contributed by atoms with Crippen molar-refractivity contribution in [2.24, 2.45) is 0 Å². The van der Waals surface area contributed by atoms with E-state index in [-0.39, 0.29) is 6.79 Å². The molecule has 2 aliphatic heterocycles. The minimum Gasteiger partial charge on any atom is -0.454 e. The van der Waals surface area contributed by atoms with Gasteiger partial charge in [0, 0.05) is 12.6 Å². The summed E-state index contributed by atoms with van der Waals surface area (Å²) in [6.07, 6.45) is 0.828. The molecule has 0 bridgehead atoms. The van der Waals surface area contributed by atoms with Crippen LogP contribution < -0.4 is 19.1 Å². The van der Waals surface area contributed by atoms with Crippen molar-refractivity contribution in [2.75, 3.05) is 19.9 Å². The summed E-state index contributed by atoms with van der Waals surface area (Å²) in [5, 5.41) is 2.75. The first-order valence-corrected chi connectivity index (χ1v) is 6.88. The van der Waals surface area contributed by atoms with E-state index < -0.39 is 7.75 Å². The fourth-order valence-electron chi connectivity index (χ4n) is 1.65. The number of hydrogen-bond acceptors (Lipinski definition) is 5. The van der Waals surface area contributed by atoms with Gasteiger partial charge in [0.05, 0.1) is 6.61 Å². The summed E-state index contributed by atoms with van der Waals surface area (Å²) in [6, 6.07) is 5.03. The molecule has 17 heavy (non-hydrogen) atoms. The van der Waals surface area contributed by atoms with Crippen LogP contribution in [0.4, 0.5) is 0 Å². The molecular weight excluding hydrogens is 245 g/mol. The van der Waals surface area contributed by atoms with Crippen LogP contribution in [0.15, 0.2) is 18.2 Å². The molecule has 0 aromatic heterocycles. The van der Waals surface area contributed by atoms with Crippen molar-refractivity contribution < 1.29 is 23.1 Å². The largest absolute Gasteiger partial charge is 0.458 e. The fraction of sp³-hybridized carbons (Fsp3) is 0.400. The minimum absolute atomic E-state index is 0.200. The van der Waals surface area contributed by atoms with Gasteiger partial charge in [-0.15, -0.1) is 0 Å². The highest BCUT2D eigenvalue weighted by atomic mass is 31.2. The minimum atomic E-state index is -3.21. The summed E-state index contributed by atoms with van der Waals surface area (Å²) in [5.74, 6) is 1.69. The van der Waals surface area contributed by atoms with Crippen molar-refractivity contribution in [1.82, 2.24) is 5.09 Å². The molecule has 7 heteroatoms. The lowest BCUT2D eigenvalue weighted by Crippen LogP contribution is -2.24. The van der Waals surface area contributed by atoms with Gasteiger partial charge >= 0.3 is 7.75 Å². The lowest BCUT2D eigenvalue weighted by atomic mass is 10.3. The zero-order valence-corrected chi connectivity index (χ0v) is 9.94. The van der Waals surface area contributed by atoms with Gasteiger partial charge in [-0.2, -0.15) is 0 Å². The second-order valence-electron chi connectivity index (χ2n) is 3.70. The maximum Gasteiger partial charge on any atom is 0.458 e. The quantitative estimate of drug-likeness (QED) is 0.816. The molecular formula is C10H12NO5P. The number of fused-ring (bicyclic) bond motifs is 1. The zero-order valence-electron chi connectivity index (χ0n) is 9.05. The summed E-state index contributed by atoms with van der Waals surface area (Å²) in [5.41, 5.74) is 0. The molecule has 1 aromatic rings. The average Bonchev–Trinajstić information content (AvgIpc) is 2.76. The van der Waals surface area contributed by atoms with E-state index in [4.69, 9.17) is 18.5 Å². The maximum atomic E-state index is 12.1. The van der Waals surface area contributed by atoms with Crippen molar-refractivity contribution in [3.8, 4) is 17.2 Å². The first-order chi connectivity index (χ1) is 8.25. The Labute approximate surface area is 98.4 Å². The Morgan fingerprint density at radius 3 is 3.00 bits per heavy atom. The Morgan fingerprint density at radius 2 is 2.18 bits per heavy atom. The molecule has 0 radical (unpaired) electrons. The van der Waals surface area contributed by atoms with Crippen molar-refractivity contribution in [1.29, 1.82) is 0 Å². The fourth-order valence-corrected chi connectivity index (χ4v) is 3.05. The van der Waals surface area contributed by atoms with Gasteiger partial charge in [-0.1, -0.05) is 0 Å². The van der Waals surface area contributed by atoms with Crippen molar-refractivity contribution >= 4 is 7.75 Å². The van der Waals surface area contributed by atoms with Crippen LogP contribution in [-0.4, -0.2) is 19.9 Å². The lowest BCUT2D eigenvalue weighted by molar-refractivity contribution is 0.174. The van der Waals surface area contributed by atoms with Crippen LogP contribution in [0.1, 0.15) is 6.42 Å². The number of rotatable bonds is 2. The molecule has 6 nitrogen and oxygen atoms in total. The third-order valence-electron chi connectivity index (χ3n) is 2.46. The lowest BCUT2D eigenvalue weighted by Gasteiger charge is -2.23. The Bertz CT molecular complexity index is 468. The van der Waals surface area contributed by atoms with Crippen LogP contribution in [0.5, 0.6) is 17.2 Å². The predicted octanol–water partition coefficient (Wildman–Crippen LogP) is 1.91. The van der Waals surface area contributed by atoms with E-state index in [9.17, 15) is 4.57 Å². The first kappa shape index (κ1) is 10.9. The average molecular weight is 257 g/mol. The predicted molar refractivity (Wildman–Crippen MR) is 59.4 cm³/mol. The van der Waals surface area contributed by atoms with Gasteiger partial charge in [0.1, 0.15) is 5.75 Å². The number of benzene rings is 1. The van der Waals surface area contributed by atoms with Gasteiger partial charge in [-0.3, -0.25) is 4.52 Å². The maximum absolute atomic E-state index is 12.1. The highest BCUT2D eigenvalue weighted by Crippen LogP contribution is 2.47. The molecule has 2 heterocycles. The molecule has 1 aromatic carbocycles. The molecule has 1 atom stereocenters. The van der Waals surface area contributed by atoms with E-state index in [2.05, 4.69) is 5.09 Å². The Morgan fingerprint density at radius 1 is 1.29 bits per heavy atom. The van der Waals surface area contributed by atoms with Crippen LogP contribution >= 0.6 is 7.75 Å². The summed E-state index contributed by atoms with van der Waals surface area (Å²) in [7, 11) is -3.21. The molecule has 2 aliphatic rings. The Kier molecular flexibility index (Phi) is 2.70. The Balaban J connectivity index is 1.78. The van der Waals surface area contributed by atoms with Crippen LogP contribution in [0.3, 0.4) is 0 Å². The molecule has 1 unspecified atom stereocenters. The van der Waals surface area contributed by atoms with Gasteiger partial charge in [0.15, 0.2) is 11.5 Å². The van der Waals surface area contributed by atoms with Crippen molar-refractivity contribution in [3.05, 3.63) is 18.2 Å². The summed E-state index contributed by atoms with van der Waals surface area (Å²) >= 11 is 0. The van der Waals surface area contributed by atoms with E-state index >= 15 is 0 Å². The van der Waals surface area contributed by atoms with Crippen LogP contribution in [0.2, 0.25) is 0 Å². The highest BCUT2D eigenvalue weighted by Gasteiger charge is 2.29. The van der Waals surface area contributed by atoms with Gasteiger partial charge in [0.2, 0.25) is 6.79 Å². The second kappa shape index (κ2) is 4.22. The summed E-state index contributed by atoms with van der Waals surface area (Å²) in [4.78, 5) is 0. The third kappa shape index (κ3) is 2.24. The molecule has 1 N–H and O–H groups in total. The summed E-state index contributed by atoms with van der Waals surface area (Å²) < 4.78 is 33.0. The topological polar surface area (TPSA) is 66.0 Å². The van der Waals surface area contributed by atoms with Gasteiger partial charge in [-0.25, -0.2) is 9.65 Å². The van der Waals surface area contributed by atoms with E-state index in [1.54, 1.807) is 18.2 Å². The highest BCUT2D eigenvalue weighted by molar-refractivity contribution is 7.52. The van der Waals surface area contributed by atoms with Crippen LogP contribution in [0.25, 0.3) is 0 Å². The van der Waals surface area contributed by atoms with Gasteiger partial charge < -0.3 is 14.0 Å². The SMILES string of the molecule is O=P1(Oc2ccc3c(c2)OCO3)NCCCO1. The molecule has 0 spiro atoms. The molecule has 1 saturated heterocycles. The Hall–Kier alpha value is -1.23. The molecule has 1 fully saturated rings. The zero-order chi connectivity index (χ0) is 11.7. The van der Waals surface area contributed by atoms with E-state index in [0.717, 1.165) is 6.42 Å². The smallest absolute Gasteiger partial charge is 0.454 e. The van der Waals surface area contributed by atoms with Gasteiger partial charge in [0.25, 0.3) is 0 Å². The third-order valence-corrected chi connectivity index (χ3v) is 4.04. The van der Waals surface area contributed by atoms with E-state index in [1.807, 2.05) is 0 Å². The van der Waals surface area contributed by atoms with E-state index in [0.29, 0.717) is 30.4 Å². The first-order valence-electron chi connectivity index (χ1n) is 5.34.